The van der Waals surface area contributed by atoms with E-state index >= 15 is 0 Å². The Morgan fingerprint density at radius 3 is 2.77 bits per heavy atom. The number of halogens is 1. The Morgan fingerprint density at radius 1 is 1.36 bits per heavy atom. The molecule has 3 rings (SSSR count). The molecule has 2 aliphatic heterocycles. The van der Waals surface area contributed by atoms with Crippen LogP contribution in [0.1, 0.15) is 19.3 Å². The zero-order chi connectivity index (χ0) is 15.5. The third-order valence-electron chi connectivity index (χ3n) is 4.44. The topological polar surface area (TPSA) is 64.6 Å². The summed E-state index contributed by atoms with van der Waals surface area (Å²) in [4.78, 5) is 14.2. The van der Waals surface area contributed by atoms with E-state index in [1.165, 1.54) is 6.07 Å². The van der Waals surface area contributed by atoms with E-state index < -0.39 is 6.10 Å². The number of piperidine rings is 1. The molecule has 0 spiro atoms. The van der Waals surface area contributed by atoms with Crippen molar-refractivity contribution in [1.29, 1.82) is 0 Å². The summed E-state index contributed by atoms with van der Waals surface area (Å²) in [5.41, 5.74) is 0.894. The summed E-state index contributed by atoms with van der Waals surface area (Å²) in [6.07, 6.45) is 1.74. The highest BCUT2D eigenvalue weighted by atomic mass is 19.1. The first kappa shape index (κ1) is 15.2. The second-order valence-corrected chi connectivity index (χ2v) is 6.10. The van der Waals surface area contributed by atoms with Gasteiger partial charge in [-0.3, -0.25) is 4.79 Å². The monoisotopic (exact) mass is 307 g/mol. The van der Waals surface area contributed by atoms with Crippen molar-refractivity contribution in [3.63, 3.8) is 0 Å². The number of aliphatic hydroxyl groups excluding tert-OH is 1. The molecule has 1 aromatic carbocycles. The first-order chi connectivity index (χ1) is 10.6. The molecule has 6 heteroatoms. The van der Waals surface area contributed by atoms with E-state index in [0.29, 0.717) is 13.0 Å². The molecule has 0 bridgehead atoms. The molecule has 0 aliphatic carbocycles. The lowest BCUT2D eigenvalue weighted by atomic mass is 10.0. The number of nitrogens with zero attached hydrogens (tertiary/aromatic N) is 1. The number of carbonyl (C=O) groups excluding carboxylic acids is 1. The van der Waals surface area contributed by atoms with Crippen molar-refractivity contribution in [2.45, 2.75) is 37.5 Å². The molecule has 5 nitrogen and oxygen atoms in total. The standard InChI is InChI=1S/C16H22FN3O2/c17-11-2-1-3-13(8-11)20-6-4-12(5-7-20)19-16(22)15-9-14(21)10-18-15/h1-3,8,12,14-15,18,21H,4-7,9-10H2,(H,19,22)/t14-,15+/m0/s1. The van der Waals surface area contributed by atoms with E-state index in [2.05, 4.69) is 15.5 Å². The third kappa shape index (κ3) is 3.56. The summed E-state index contributed by atoms with van der Waals surface area (Å²) < 4.78 is 13.3. The van der Waals surface area contributed by atoms with Crippen molar-refractivity contribution in [2.75, 3.05) is 24.5 Å². The van der Waals surface area contributed by atoms with Gasteiger partial charge in [0, 0.05) is 31.4 Å². The molecule has 120 valence electrons. The smallest absolute Gasteiger partial charge is 0.237 e. The molecule has 0 aromatic heterocycles. The van der Waals surface area contributed by atoms with Crippen LogP contribution in [0.5, 0.6) is 0 Å². The molecule has 1 amide bonds. The van der Waals surface area contributed by atoms with Crippen molar-refractivity contribution in [3.05, 3.63) is 30.1 Å². The fraction of sp³-hybridized carbons (Fsp3) is 0.562. The molecule has 2 atom stereocenters. The van der Waals surface area contributed by atoms with Crippen molar-refractivity contribution in [1.82, 2.24) is 10.6 Å². The summed E-state index contributed by atoms with van der Waals surface area (Å²) in [7, 11) is 0. The highest BCUT2D eigenvalue weighted by molar-refractivity contribution is 5.82. The zero-order valence-corrected chi connectivity index (χ0v) is 12.5. The number of benzene rings is 1. The van der Waals surface area contributed by atoms with Gasteiger partial charge in [-0.05, 0) is 37.5 Å². The average molecular weight is 307 g/mol. The molecule has 0 saturated carbocycles. The molecule has 0 unspecified atom stereocenters. The molecule has 2 saturated heterocycles. The zero-order valence-electron chi connectivity index (χ0n) is 12.5. The first-order valence-corrected chi connectivity index (χ1v) is 7.84. The van der Waals surface area contributed by atoms with Gasteiger partial charge in [-0.2, -0.15) is 0 Å². The molecule has 2 fully saturated rings. The van der Waals surface area contributed by atoms with Gasteiger partial charge in [0.05, 0.1) is 12.1 Å². The van der Waals surface area contributed by atoms with Crippen LogP contribution in [-0.4, -0.2) is 48.8 Å². The predicted octanol–water partition coefficient (Wildman–Crippen LogP) is 0.633. The van der Waals surface area contributed by atoms with Crippen LogP contribution in [0.25, 0.3) is 0 Å². The lowest BCUT2D eigenvalue weighted by molar-refractivity contribution is -0.123. The van der Waals surface area contributed by atoms with Crippen molar-refractivity contribution in [3.8, 4) is 0 Å². The molecule has 2 aliphatic rings. The van der Waals surface area contributed by atoms with Gasteiger partial charge in [0.2, 0.25) is 5.91 Å². The number of aliphatic hydroxyl groups is 1. The van der Waals surface area contributed by atoms with E-state index in [-0.39, 0.29) is 23.8 Å². The Labute approximate surface area is 129 Å². The Hall–Kier alpha value is -1.66. The van der Waals surface area contributed by atoms with Gasteiger partial charge in [0.25, 0.3) is 0 Å². The minimum Gasteiger partial charge on any atom is -0.392 e. The predicted molar refractivity (Wildman–Crippen MR) is 82.2 cm³/mol. The van der Waals surface area contributed by atoms with E-state index in [9.17, 15) is 14.3 Å². The number of nitrogens with one attached hydrogen (secondary N) is 2. The van der Waals surface area contributed by atoms with Crippen LogP contribution in [0.4, 0.5) is 10.1 Å². The van der Waals surface area contributed by atoms with Crippen molar-refractivity contribution >= 4 is 11.6 Å². The van der Waals surface area contributed by atoms with Gasteiger partial charge in [-0.25, -0.2) is 4.39 Å². The lowest BCUT2D eigenvalue weighted by Crippen LogP contribution is -2.49. The minimum atomic E-state index is -0.425. The van der Waals surface area contributed by atoms with Crippen LogP contribution in [0.15, 0.2) is 24.3 Å². The summed E-state index contributed by atoms with van der Waals surface area (Å²) in [6, 6.07) is 6.48. The second-order valence-electron chi connectivity index (χ2n) is 6.10. The Morgan fingerprint density at radius 2 is 2.14 bits per heavy atom. The molecule has 1 aromatic rings. The number of hydrogen-bond donors (Lipinski definition) is 3. The maximum Gasteiger partial charge on any atom is 0.237 e. The van der Waals surface area contributed by atoms with E-state index in [0.717, 1.165) is 31.6 Å². The highest BCUT2D eigenvalue weighted by Gasteiger charge is 2.30. The van der Waals surface area contributed by atoms with E-state index in [1.807, 2.05) is 6.07 Å². The summed E-state index contributed by atoms with van der Waals surface area (Å²) >= 11 is 0. The normalized spacial score (nSPS) is 26.2. The highest BCUT2D eigenvalue weighted by Crippen LogP contribution is 2.21. The molecule has 2 heterocycles. The lowest BCUT2D eigenvalue weighted by Gasteiger charge is -2.34. The van der Waals surface area contributed by atoms with E-state index in [1.54, 1.807) is 12.1 Å². The van der Waals surface area contributed by atoms with Crippen LogP contribution in [0, 0.1) is 5.82 Å². The van der Waals surface area contributed by atoms with Gasteiger partial charge in [0.15, 0.2) is 0 Å². The molecule has 3 N–H and O–H groups in total. The van der Waals surface area contributed by atoms with Gasteiger partial charge in [-0.1, -0.05) is 6.07 Å². The number of anilines is 1. The Kier molecular flexibility index (Phi) is 4.59. The van der Waals surface area contributed by atoms with Crippen LogP contribution < -0.4 is 15.5 Å². The number of hydrogen-bond acceptors (Lipinski definition) is 4. The first-order valence-electron chi connectivity index (χ1n) is 7.84. The van der Waals surface area contributed by atoms with Crippen molar-refractivity contribution < 1.29 is 14.3 Å². The van der Waals surface area contributed by atoms with Crippen LogP contribution in [-0.2, 0) is 4.79 Å². The van der Waals surface area contributed by atoms with Gasteiger partial charge in [0.1, 0.15) is 5.82 Å². The molecule has 22 heavy (non-hydrogen) atoms. The second kappa shape index (κ2) is 6.62. The maximum atomic E-state index is 13.3. The van der Waals surface area contributed by atoms with Gasteiger partial charge in [-0.15, -0.1) is 0 Å². The van der Waals surface area contributed by atoms with E-state index in [4.69, 9.17) is 0 Å². The molecule has 0 radical (unpaired) electrons. The summed E-state index contributed by atoms with van der Waals surface area (Å²) in [5.74, 6) is -0.250. The summed E-state index contributed by atoms with van der Waals surface area (Å²) in [6.45, 7) is 2.08. The minimum absolute atomic E-state index is 0.0271. The Balaban J connectivity index is 1.48. The Bertz CT molecular complexity index is 532. The maximum absolute atomic E-state index is 13.3. The average Bonchev–Trinajstić information content (AvgIpc) is 2.95. The number of carbonyl (C=O) groups is 1. The SMILES string of the molecule is O=C(NC1CCN(c2cccc(F)c2)CC1)[C@H]1C[C@H](O)CN1. The number of amides is 1. The molecular formula is C16H22FN3O2. The van der Waals surface area contributed by atoms with Crippen LogP contribution >= 0.6 is 0 Å². The van der Waals surface area contributed by atoms with Crippen LogP contribution in [0.3, 0.4) is 0 Å². The number of rotatable bonds is 3. The van der Waals surface area contributed by atoms with Crippen molar-refractivity contribution in [2.24, 2.45) is 0 Å². The van der Waals surface area contributed by atoms with Gasteiger partial charge >= 0.3 is 0 Å². The summed E-state index contributed by atoms with van der Waals surface area (Å²) in [5, 5.41) is 15.5. The number of β-amino-alcohol motifs (C(OH)–C–C–N with tert-alkyl or cyclic N) is 1. The quantitative estimate of drug-likeness (QED) is 0.766. The third-order valence-corrected chi connectivity index (χ3v) is 4.44. The fourth-order valence-electron chi connectivity index (χ4n) is 3.17. The fourth-order valence-corrected chi connectivity index (χ4v) is 3.17. The largest absolute Gasteiger partial charge is 0.392 e. The van der Waals surface area contributed by atoms with Gasteiger partial charge < -0.3 is 20.6 Å². The van der Waals surface area contributed by atoms with Crippen LogP contribution in [0.2, 0.25) is 0 Å². The molecular weight excluding hydrogens is 285 g/mol.